The molecule has 0 saturated heterocycles. The summed E-state index contributed by atoms with van der Waals surface area (Å²) in [5, 5.41) is 7.87. The molecule has 3 rings (SSSR count). The van der Waals surface area contributed by atoms with Crippen LogP contribution in [-0.4, -0.2) is 23.4 Å². The molecule has 0 spiro atoms. The van der Waals surface area contributed by atoms with Gasteiger partial charge in [-0.3, -0.25) is 0 Å². The van der Waals surface area contributed by atoms with Gasteiger partial charge in [0, 0.05) is 5.69 Å². The number of benzene rings is 2. The van der Waals surface area contributed by atoms with E-state index in [1.165, 1.54) is 4.68 Å². The molecule has 7 heteroatoms. The van der Waals surface area contributed by atoms with Gasteiger partial charge in [-0.1, -0.05) is 31.2 Å². The molecule has 0 radical (unpaired) electrons. The number of anilines is 1. The summed E-state index contributed by atoms with van der Waals surface area (Å²) >= 11 is 0. The van der Waals surface area contributed by atoms with Gasteiger partial charge in [-0.05, 0) is 54.8 Å². The second-order valence-corrected chi connectivity index (χ2v) is 8.08. The van der Waals surface area contributed by atoms with Gasteiger partial charge in [-0.2, -0.15) is 0 Å². The summed E-state index contributed by atoms with van der Waals surface area (Å²) in [4.78, 5) is 0.212. The fraction of sp³-hybridized carbons (Fsp3) is 0.222. The van der Waals surface area contributed by atoms with Crippen molar-refractivity contribution in [2.75, 3.05) is 5.73 Å². The van der Waals surface area contributed by atoms with Gasteiger partial charge in [-0.25, -0.2) is 13.1 Å². The highest BCUT2D eigenvalue weighted by Gasteiger charge is 2.25. The van der Waals surface area contributed by atoms with E-state index in [2.05, 4.69) is 24.2 Å². The second-order valence-electron chi connectivity index (χ2n) is 6.21. The molecule has 25 heavy (non-hydrogen) atoms. The van der Waals surface area contributed by atoms with E-state index in [0.717, 1.165) is 5.56 Å². The Morgan fingerprint density at radius 3 is 2.16 bits per heavy atom. The number of nitrogens with zero attached hydrogens (tertiary/aromatic N) is 3. The smallest absolute Gasteiger partial charge is 0.227 e. The van der Waals surface area contributed by atoms with Gasteiger partial charge >= 0.3 is 0 Å². The van der Waals surface area contributed by atoms with Gasteiger partial charge in [0.15, 0.2) is 0 Å². The molecular weight excluding hydrogens is 336 g/mol. The van der Waals surface area contributed by atoms with Crippen LogP contribution < -0.4 is 5.73 Å². The van der Waals surface area contributed by atoms with Crippen LogP contribution >= 0.6 is 0 Å². The van der Waals surface area contributed by atoms with Crippen molar-refractivity contribution in [3.8, 4) is 5.69 Å². The van der Waals surface area contributed by atoms with E-state index in [1.807, 2.05) is 12.1 Å². The Morgan fingerprint density at radius 1 is 1.00 bits per heavy atom. The molecule has 0 aliphatic rings. The maximum Gasteiger partial charge on any atom is 0.227 e. The van der Waals surface area contributed by atoms with Gasteiger partial charge in [0.1, 0.15) is 0 Å². The number of nitrogens with two attached hydrogens (primary N) is 1. The van der Waals surface area contributed by atoms with Crippen molar-refractivity contribution < 1.29 is 8.42 Å². The van der Waals surface area contributed by atoms with Crippen LogP contribution in [-0.2, 0) is 9.84 Å². The molecule has 0 saturated carbocycles. The fourth-order valence-electron chi connectivity index (χ4n) is 2.57. The molecule has 3 aromatic rings. The van der Waals surface area contributed by atoms with Crippen LogP contribution in [0, 0.1) is 6.92 Å². The lowest BCUT2D eigenvalue weighted by atomic mass is 10.0. The third-order valence-electron chi connectivity index (χ3n) is 4.10. The fourth-order valence-corrected chi connectivity index (χ4v) is 3.90. The Morgan fingerprint density at radius 2 is 1.60 bits per heavy atom. The van der Waals surface area contributed by atoms with Gasteiger partial charge < -0.3 is 5.73 Å². The first-order valence-electron chi connectivity index (χ1n) is 7.94. The SMILES string of the molecule is Cc1c(S(=O)(=O)c2ccc(C(C)C)cc2)nnn1-c1ccc(N)cc1. The quantitative estimate of drug-likeness (QED) is 0.725. The van der Waals surface area contributed by atoms with Crippen molar-refractivity contribution in [1.82, 2.24) is 15.0 Å². The summed E-state index contributed by atoms with van der Waals surface area (Å²) in [5.74, 6) is 0.338. The first-order chi connectivity index (χ1) is 11.8. The predicted molar refractivity (Wildman–Crippen MR) is 96.5 cm³/mol. The van der Waals surface area contributed by atoms with Crippen LogP contribution in [0.1, 0.15) is 31.0 Å². The van der Waals surface area contributed by atoms with Crippen LogP contribution in [0.5, 0.6) is 0 Å². The van der Waals surface area contributed by atoms with E-state index in [0.29, 0.717) is 23.0 Å². The molecule has 2 aromatic carbocycles. The van der Waals surface area contributed by atoms with E-state index in [-0.39, 0.29) is 9.92 Å². The van der Waals surface area contributed by atoms with Crippen LogP contribution in [0.3, 0.4) is 0 Å². The highest BCUT2D eigenvalue weighted by Crippen LogP contribution is 2.25. The lowest BCUT2D eigenvalue weighted by Crippen LogP contribution is -2.06. The maximum atomic E-state index is 12.9. The van der Waals surface area contributed by atoms with Gasteiger partial charge in [-0.15, -0.1) is 5.10 Å². The minimum absolute atomic E-state index is 0.0402. The Balaban J connectivity index is 2.02. The third-order valence-corrected chi connectivity index (χ3v) is 5.88. The summed E-state index contributed by atoms with van der Waals surface area (Å²) in [6.45, 7) is 5.81. The average molecular weight is 356 g/mol. The van der Waals surface area contributed by atoms with Crippen LogP contribution in [0.2, 0.25) is 0 Å². The second kappa shape index (κ2) is 6.33. The summed E-state index contributed by atoms with van der Waals surface area (Å²) in [6, 6.07) is 13.9. The number of aromatic nitrogens is 3. The van der Waals surface area contributed by atoms with Crippen LogP contribution in [0.4, 0.5) is 5.69 Å². The number of sulfone groups is 1. The summed E-state index contributed by atoms with van der Waals surface area (Å²) in [5.41, 5.74) is 8.56. The van der Waals surface area contributed by atoms with Crippen molar-refractivity contribution in [2.24, 2.45) is 0 Å². The minimum atomic E-state index is -3.73. The Labute approximate surface area is 147 Å². The van der Waals surface area contributed by atoms with Gasteiger partial charge in [0.2, 0.25) is 14.9 Å². The van der Waals surface area contributed by atoms with E-state index in [1.54, 1.807) is 43.3 Å². The van der Waals surface area contributed by atoms with Crippen LogP contribution in [0.15, 0.2) is 58.5 Å². The lowest BCUT2D eigenvalue weighted by Gasteiger charge is -2.07. The molecule has 0 fully saturated rings. The van der Waals surface area contributed by atoms with Crippen molar-refractivity contribution in [3.05, 3.63) is 59.8 Å². The zero-order valence-corrected chi connectivity index (χ0v) is 15.2. The van der Waals surface area contributed by atoms with Crippen molar-refractivity contribution in [1.29, 1.82) is 0 Å². The Hall–Kier alpha value is -2.67. The average Bonchev–Trinajstić information content (AvgIpc) is 2.98. The molecule has 0 aliphatic carbocycles. The standard InChI is InChI=1S/C18H20N4O2S/c1-12(2)14-4-10-17(11-5-14)25(23,24)18-13(3)22(21-20-18)16-8-6-15(19)7-9-16/h4-12H,19H2,1-3H3. The normalized spacial score (nSPS) is 11.8. The van der Waals surface area contributed by atoms with E-state index in [9.17, 15) is 8.42 Å². The summed E-state index contributed by atoms with van der Waals surface area (Å²) in [7, 11) is -3.73. The highest BCUT2D eigenvalue weighted by atomic mass is 32.2. The molecule has 0 atom stereocenters. The van der Waals surface area contributed by atoms with E-state index in [4.69, 9.17) is 5.73 Å². The third kappa shape index (κ3) is 3.15. The summed E-state index contributed by atoms with van der Waals surface area (Å²) in [6.07, 6.45) is 0. The van der Waals surface area contributed by atoms with Gasteiger partial charge in [0.05, 0.1) is 16.3 Å². The molecule has 0 aliphatic heterocycles. The molecular formula is C18H20N4O2S. The van der Waals surface area contributed by atoms with Crippen LogP contribution in [0.25, 0.3) is 5.69 Å². The lowest BCUT2D eigenvalue weighted by molar-refractivity contribution is 0.591. The van der Waals surface area contributed by atoms with Crippen molar-refractivity contribution >= 4 is 15.5 Å². The van der Waals surface area contributed by atoms with Gasteiger partial charge in [0.25, 0.3) is 0 Å². The topological polar surface area (TPSA) is 90.9 Å². The molecule has 0 unspecified atom stereocenters. The first-order valence-corrected chi connectivity index (χ1v) is 9.42. The monoisotopic (exact) mass is 356 g/mol. The van der Waals surface area contributed by atoms with E-state index >= 15 is 0 Å². The van der Waals surface area contributed by atoms with Crippen molar-refractivity contribution in [3.63, 3.8) is 0 Å². The molecule has 2 N–H and O–H groups in total. The number of rotatable bonds is 4. The molecule has 130 valence electrons. The predicted octanol–water partition coefficient (Wildman–Crippen LogP) is 3.11. The zero-order chi connectivity index (χ0) is 18.2. The molecule has 0 bridgehead atoms. The van der Waals surface area contributed by atoms with Crippen molar-refractivity contribution in [2.45, 2.75) is 36.6 Å². The Bertz CT molecular complexity index is 989. The largest absolute Gasteiger partial charge is 0.399 e. The van der Waals surface area contributed by atoms with E-state index < -0.39 is 9.84 Å². The molecule has 0 amide bonds. The molecule has 1 aromatic heterocycles. The highest BCUT2D eigenvalue weighted by molar-refractivity contribution is 7.91. The molecule has 1 heterocycles. The maximum absolute atomic E-state index is 12.9. The summed E-state index contributed by atoms with van der Waals surface area (Å²) < 4.78 is 27.3. The molecule has 6 nitrogen and oxygen atoms in total. The zero-order valence-electron chi connectivity index (χ0n) is 14.3. The first kappa shape index (κ1) is 17.2. The number of nitrogen functional groups attached to an aromatic ring is 1. The Kier molecular flexibility index (Phi) is 4.34. The number of hydrogen-bond acceptors (Lipinski definition) is 5. The minimum Gasteiger partial charge on any atom is -0.399 e. The number of hydrogen-bond donors (Lipinski definition) is 1.